The average Bonchev–Trinajstić information content (AvgIpc) is 2.79. The maximum Gasteiger partial charge on any atom is 0.191 e. The zero-order valence-electron chi connectivity index (χ0n) is 15.0. The standard InChI is InChI=1S/C17H36N4/c1-7-18-16(19-12-15-9-11-21(6)13-15)20-14(2)8-10-17(3,4)5/h14-15H,7-13H2,1-6H3,(H2,18,19,20). The number of hydrogen-bond donors (Lipinski definition) is 2. The number of nitrogens with zero attached hydrogens (tertiary/aromatic N) is 2. The summed E-state index contributed by atoms with van der Waals surface area (Å²) in [5.41, 5.74) is 0.403. The molecule has 1 aliphatic heterocycles. The quantitative estimate of drug-likeness (QED) is 0.585. The summed E-state index contributed by atoms with van der Waals surface area (Å²) in [5.74, 6) is 1.70. The SMILES string of the molecule is CCNC(=NCC1CCN(C)C1)NC(C)CCC(C)(C)C. The van der Waals surface area contributed by atoms with Gasteiger partial charge in [0.2, 0.25) is 0 Å². The van der Waals surface area contributed by atoms with E-state index in [1.807, 2.05) is 0 Å². The molecule has 2 atom stereocenters. The predicted octanol–water partition coefficient (Wildman–Crippen LogP) is 2.71. The Morgan fingerprint density at radius 2 is 2.10 bits per heavy atom. The first-order chi connectivity index (χ1) is 9.80. The minimum Gasteiger partial charge on any atom is -0.357 e. The van der Waals surface area contributed by atoms with E-state index in [1.54, 1.807) is 0 Å². The van der Waals surface area contributed by atoms with Crippen LogP contribution in [-0.4, -0.2) is 50.1 Å². The van der Waals surface area contributed by atoms with Gasteiger partial charge in [0.25, 0.3) is 0 Å². The smallest absolute Gasteiger partial charge is 0.191 e. The third-order valence-electron chi connectivity index (χ3n) is 4.05. The third kappa shape index (κ3) is 8.30. The summed E-state index contributed by atoms with van der Waals surface area (Å²) in [6, 6.07) is 0.466. The summed E-state index contributed by atoms with van der Waals surface area (Å²) in [6.45, 7) is 15.5. The lowest BCUT2D eigenvalue weighted by Gasteiger charge is -2.23. The van der Waals surface area contributed by atoms with Crippen LogP contribution < -0.4 is 10.6 Å². The van der Waals surface area contributed by atoms with Crippen LogP contribution in [-0.2, 0) is 0 Å². The Kier molecular flexibility index (Phi) is 7.50. The zero-order valence-corrected chi connectivity index (χ0v) is 15.0. The lowest BCUT2D eigenvalue weighted by atomic mass is 9.89. The van der Waals surface area contributed by atoms with Gasteiger partial charge < -0.3 is 15.5 Å². The van der Waals surface area contributed by atoms with E-state index in [1.165, 1.54) is 32.4 Å². The van der Waals surface area contributed by atoms with Crippen molar-refractivity contribution in [2.75, 3.05) is 33.2 Å². The van der Waals surface area contributed by atoms with E-state index in [4.69, 9.17) is 4.99 Å². The van der Waals surface area contributed by atoms with Crippen LogP contribution in [0.3, 0.4) is 0 Å². The molecule has 21 heavy (non-hydrogen) atoms. The van der Waals surface area contributed by atoms with Crippen molar-refractivity contribution in [3.8, 4) is 0 Å². The maximum absolute atomic E-state index is 4.78. The van der Waals surface area contributed by atoms with Crippen LogP contribution in [0.5, 0.6) is 0 Å². The molecule has 4 heteroatoms. The van der Waals surface area contributed by atoms with Gasteiger partial charge in [-0.2, -0.15) is 0 Å². The number of rotatable bonds is 6. The molecule has 1 fully saturated rings. The fourth-order valence-corrected chi connectivity index (χ4v) is 2.67. The van der Waals surface area contributed by atoms with Crippen LogP contribution in [0.4, 0.5) is 0 Å². The number of hydrogen-bond acceptors (Lipinski definition) is 2. The van der Waals surface area contributed by atoms with Crippen molar-refractivity contribution in [1.29, 1.82) is 0 Å². The highest BCUT2D eigenvalue weighted by Gasteiger charge is 2.19. The summed E-state index contributed by atoms with van der Waals surface area (Å²) in [4.78, 5) is 7.18. The van der Waals surface area contributed by atoms with Crippen LogP contribution in [0.2, 0.25) is 0 Å². The van der Waals surface area contributed by atoms with Crippen molar-refractivity contribution in [2.24, 2.45) is 16.3 Å². The van der Waals surface area contributed by atoms with E-state index in [0.717, 1.165) is 25.0 Å². The van der Waals surface area contributed by atoms with Crippen molar-refractivity contribution >= 4 is 5.96 Å². The fraction of sp³-hybridized carbons (Fsp3) is 0.941. The highest BCUT2D eigenvalue weighted by molar-refractivity contribution is 5.80. The molecule has 1 rings (SSSR count). The molecule has 1 aliphatic rings. The third-order valence-corrected chi connectivity index (χ3v) is 4.05. The molecule has 0 spiro atoms. The fourth-order valence-electron chi connectivity index (χ4n) is 2.67. The number of nitrogens with one attached hydrogen (secondary N) is 2. The largest absolute Gasteiger partial charge is 0.357 e. The summed E-state index contributed by atoms with van der Waals surface area (Å²) in [6.07, 6.45) is 3.69. The van der Waals surface area contributed by atoms with E-state index in [0.29, 0.717) is 11.5 Å². The Balaban J connectivity index is 2.40. The van der Waals surface area contributed by atoms with E-state index < -0.39 is 0 Å². The summed E-state index contributed by atoms with van der Waals surface area (Å²) in [7, 11) is 2.20. The van der Waals surface area contributed by atoms with Crippen molar-refractivity contribution < 1.29 is 0 Å². The molecule has 0 amide bonds. The summed E-state index contributed by atoms with van der Waals surface area (Å²) < 4.78 is 0. The topological polar surface area (TPSA) is 39.7 Å². The highest BCUT2D eigenvalue weighted by Crippen LogP contribution is 2.21. The van der Waals surface area contributed by atoms with Gasteiger partial charge in [-0.25, -0.2) is 0 Å². The molecule has 0 radical (unpaired) electrons. The Hall–Kier alpha value is -0.770. The Labute approximate surface area is 131 Å². The van der Waals surface area contributed by atoms with Crippen LogP contribution in [0.1, 0.15) is 53.9 Å². The van der Waals surface area contributed by atoms with Gasteiger partial charge in [-0.1, -0.05) is 20.8 Å². The molecule has 1 heterocycles. The van der Waals surface area contributed by atoms with Crippen LogP contribution in [0.15, 0.2) is 4.99 Å². The number of likely N-dealkylation sites (tertiary alicyclic amines) is 1. The lowest BCUT2D eigenvalue weighted by molar-refractivity contribution is 0.346. The second-order valence-electron chi connectivity index (χ2n) is 7.78. The maximum atomic E-state index is 4.78. The van der Waals surface area contributed by atoms with Crippen LogP contribution in [0, 0.1) is 11.3 Å². The second kappa shape index (κ2) is 8.62. The predicted molar refractivity (Wildman–Crippen MR) is 92.9 cm³/mol. The molecule has 4 nitrogen and oxygen atoms in total. The molecule has 1 saturated heterocycles. The van der Waals surface area contributed by atoms with E-state index in [9.17, 15) is 0 Å². The molecule has 2 unspecified atom stereocenters. The summed E-state index contributed by atoms with van der Waals surface area (Å²) in [5, 5.41) is 6.92. The highest BCUT2D eigenvalue weighted by atomic mass is 15.2. The first-order valence-corrected chi connectivity index (χ1v) is 8.53. The first-order valence-electron chi connectivity index (χ1n) is 8.53. The molecule has 0 aromatic carbocycles. The van der Waals surface area contributed by atoms with Crippen LogP contribution in [0.25, 0.3) is 0 Å². The molecule has 0 saturated carbocycles. The van der Waals surface area contributed by atoms with Gasteiger partial charge in [0.1, 0.15) is 0 Å². The molecule has 0 aromatic heterocycles. The molecule has 0 bridgehead atoms. The first kappa shape index (κ1) is 18.3. The van der Waals surface area contributed by atoms with Crippen LogP contribution >= 0.6 is 0 Å². The minimum atomic E-state index is 0.403. The van der Waals surface area contributed by atoms with Gasteiger partial charge >= 0.3 is 0 Å². The molecular formula is C17H36N4. The Morgan fingerprint density at radius 3 is 2.62 bits per heavy atom. The van der Waals surface area contributed by atoms with Crippen molar-refractivity contribution in [2.45, 2.75) is 59.9 Å². The summed E-state index contributed by atoms with van der Waals surface area (Å²) >= 11 is 0. The van der Waals surface area contributed by atoms with E-state index in [-0.39, 0.29) is 0 Å². The Bertz CT molecular complexity index is 319. The molecular weight excluding hydrogens is 260 g/mol. The average molecular weight is 297 g/mol. The minimum absolute atomic E-state index is 0.403. The number of guanidine groups is 1. The van der Waals surface area contributed by atoms with Gasteiger partial charge in [-0.15, -0.1) is 0 Å². The zero-order chi connectivity index (χ0) is 15.9. The van der Waals surface area contributed by atoms with Gasteiger partial charge in [0.05, 0.1) is 0 Å². The Morgan fingerprint density at radius 1 is 1.38 bits per heavy atom. The van der Waals surface area contributed by atoms with Gasteiger partial charge in [0, 0.05) is 25.7 Å². The van der Waals surface area contributed by atoms with E-state index in [2.05, 4.69) is 57.2 Å². The number of aliphatic imine (C=N–C) groups is 1. The molecule has 124 valence electrons. The van der Waals surface area contributed by atoms with E-state index >= 15 is 0 Å². The van der Waals surface area contributed by atoms with Gasteiger partial charge in [-0.05, 0) is 58.0 Å². The van der Waals surface area contributed by atoms with Gasteiger partial charge in [-0.3, -0.25) is 4.99 Å². The monoisotopic (exact) mass is 296 g/mol. The van der Waals surface area contributed by atoms with Crippen molar-refractivity contribution in [1.82, 2.24) is 15.5 Å². The molecule has 0 aromatic rings. The lowest BCUT2D eigenvalue weighted by Crippen LogP contribution is -2.42. The van der Waals surface area contributed by atoms with Crippen molar-refractivity contribution in [3.05, 3.63) is 0 Å². The normalized spacial score (nSPS) is 22.4. The molecule has 0 aliphatic carbocycles. The van der Waals surface area contributed by atoms with Crippen molar-refractivity contribution in [3.63, 3.8) is 0 Å². The van der Waals surface area contributed by atoms with Gasteiger partial charge in [0.15, 0.2) is 5.96 Å². The molecule has 2 N–H and O–H groups in total. The second-order valence-corrected chi connectivity index (χ2v) is 7.78.